The van der Waals surface area contributed by atoms with E-state index in [0.717, 1.165) is 11.3 Å². The van der Waals surface area contributed by atoms with Crippen LogP contribution in [0.1, 0.15) is 11.1 Å². The Kier molecular flexibility index (Phi) is 3.48. The Morgan fingerprint density at radius 3 is 2.15 bits per heavy atom. The largest absolute Gasteiger partial charge is 0.279 e. The van der Waals surface area contributed by atoms with Crippen molar-refractivity contribution in [2.75, 3.05) is 5.43 Å². The number of nitriles is 1. The topological polar surface area (TPSA) is 48.2 Å². The fourth-order valence-corrected chi connectivity index (χ4v) is 3.67. The van der Waals surface area contributed by atoms with Crippen molar-refractivity contribution in [3.63, 3.8) is 0 Å². The fraction of sp³-hybridized carbons (Fsp3) is 0. The van der Waals surface area contributed by atoms with Crippen LogP contribution in [0.25, 0.3) is 32.3 Å². The molecule has 0 spiro atoms. The van der Waals surface area contributed by atoms with Crippen molar-refractivity contribution in [1.82, 2.24) is 0 Å². The average Bonchev–Trinajstić information content (AvgIpc) is 2.73. The van der Waals surface area contributed by atoms with Gasteiger partial charge in [0.25, 0.3) is 0 Å². The van der Waals surface area contributed by atoms with Gasteiger partial charge in [0.1, 0.15) is 0 Å². The molecule has 0 atom stereocenters. The van der Waals surface area contributed by atoms with E-state index in [1.807, 2.05) is 18.3 Å². The van der Waals surface area contributed by atoms with Crippen molar-refractivity contribution in [1.29, 1.82) is 5.26 Å². The summed E-state index contributed by atoms with van der Waals surface area (Å²) in [7, 11) is 0. The molecule has 27 heavy (non-hydrogen) atoms. The maximum atomic E-state index is 8.87. The zero-order valence-electron chi connectivity index (χ0n) is 14.5. The molecule has 0 saturated heterocycles. The van der Waals surface area contributed by atoms with Gasteiger partial charge in [-0.05, 0) is 56.6 Å². The van der Waals surface area contributed by atoms with Gasteiger partial charge < -0.3 is 0 Å². The maximum Gasteiger partial charge on any atom is 0.0991 e. The number of nitrogens with zero attached hydrogens (tertiary/aromatic N) is 2. The second-order valence-corrected chi connectivity index (χ2v) is 6.57. The van der Waals surface area contributed by atoms with Gasteiger partial charge in [-0.2, -0.15) is 10.4 Å². The maximum absolute atomic E-state index is 8.87. The van der Waals surface area contributed by atoms with Gasteiger partial charge in [-0.15, -0.1) is 0 Å². The highest BCUT2D eigenvalue weighted by atomic mass is 15.3. The van der Waals surface area contributed by atoms with E-state index in [4.69, 9.17) is 5.26 Å². The Morgan fingerprint density at radius 2 is 1.41 bits per heavy atom. The molecule has 0 fully saturated rings. The molecule has 0 aliphatic heterocycles. The van der Waals surface area contributed by atoms with E-state index in [0.29, 0.717) is 5.56 Å². The third-order valence-corrected chi connectivity index (χ3v) is 4.97. The van der Waals surface area contributed by atoms with E-state index in [2.05, 4.69) is 71.2 Å². The van der Waals surface area contributed by atoms with Gasteiger partial charge >= 0.3 is 0 Å². The third-order valence-electron chi connectivity index (χ3n) is 4.97. The first kappa shape index (κ1) is 15.4. The molecule has 0 aliphatic carbocycles. The summed E-state index contributed by atoms with van der Waals surface area (Å²) in [6.45, 7) is 0. The number of rotatable bonds is 3. The molecule has 0 aliphatic rings. The molecular weight excluding hydrogens is 330 g/mol. The van der Waals surface area contributed by atoms with Crippen LogP contribution < -0.4 is 5.43 Å². The van der Waals surface area contributed by atoms with E-state index in [1.165, 1.54) is 32.3 Å². The molecule has 0 amide bonds. The van der Waals surface area contributed by atoms with Crippen molar-refractivity contribution in [2.24, 2.45) is 5.10 Å². The summed E-state index contributed by atoms with van der Waals surface area (Å²) in [5, 5.41) is 20.8. The molecule has 1 N–H and O–H groups in total. The molecule has 3 nitrogen and oxygen atoms in total. The van der Waals surface area contributed by atoms with Gasteiger partial charge in [-0.3, -0.25) is 5.43 Å². The predicted molar refractivity (Wildman–Crippen MR) is 113 cm³/mol. The Balaban J connectivity index is 1.57. The van der Waals surface area contributed by atoms with Gasteiger partial charge in [0.05, 0.1) is 23.5 Å². The second-order valence-electron chi connectivity index (χ2n) is 6.57. The van der Waals surface area contributed by atoms with E-state index >= 15 is 0 Å². The predicted octanol–water partition coefficient (Wildman–Crippen LogP) is 5.90. The lowest BCUT2D eigenvalue weighted by Crippen LogP contribution is -1.93. The van der Waals surface area contributed by atoms with Gasteiger partial charge in [0, 0.05) is 5.56 Å². The summed E-state index contributed by atoms with van der Waals surface area (Å²) in [5.74, 6) is 0. The minimum absolute atomic E-state index is 0.635. The first-order valence-corrected chi connectivity index (χ1v) is 8.79. The summed E-state index contributed by atoms with van der Waals surface area (Å²) in [6, 6.07) is 28.7. The Morgan fingerprint density at radius 1 is 0.741 bits per heavy atom. The zero-order valence-corrected chi connectivity index (χ0v) is 14.5. The lowest BCUT2D eigenvalue weighted by molar-refractivity contribution is 1.35. The summed E-state index contributed by atoms with van der Waals surface area (Å²) in [6.07, 6.45) is 1.85. The number of anilines is 1. The molecule has 0 bridgehead atoms. The molecule has 5 aromatic carbocycles. The Bertz CT molecular complexity index is 1330. The molecule has 5 rings (SSSR count). The number of benzene rings is 5. The summed E-state index contributed by atoms with van der Waals surface area (Å²) in [5.41, 5.74) is 5.59. The number of hydrogen-bond donors (Lipinski definition) is 1. The molecule has 0 radical (unpaired) electrons. The lowest BCUT2D eigenvalue weighted by atomic mass is 9.92. The van der Waals surface area contributed by atoms with Crippen LogP contribution in [0.2, 0.25) is 0 Å². The highest BCUT2D eigenvalue weighted by Gasteiger charge is 2.09. The number of hydrazone groups is 1. The smallest absolute Gasteiger partial charge is 0.0991 e. The first-order valence-electron chi connectivity index (χ1n) is 8.79. The second kappa shape index (κ2) is 6.12. The van der Waals surface area contributed by atoms with Gasteiger partial charge in [-0.25, -0.2) is 0 Å². The standard InChI is InChI=1S/C24H15N3/c25-14-16-4-11-21(12-5-16)27-26-15-20-9-8-19-7-6-17-2-1-3-18-10-13-22(20)24(19)23(17)18/h1-13,15,27H/b26-15+. The van der Waals surface area contributed by atoms with Crippen LogP contribution in [-0.4, -0.2) is 6.21 Å². The van der Waals surface area contributed by atoms with Gasteiger partial charge in [0.15, 0.2) is 0 Å². The highest BCUT2D eigenvalue weighted by molar-refractivity contribution is 6.25. The lowest BCUT2D eigenvalue weighted by Gasteiger charge is -2.12. The summed E-state index contributed by atoms with van der Waals surface area (Å²) >= 11 is 0. The van der Waals surface area contributed by atoms with Crippen molar-refractivity contribution in [2.45, 2.75) is 0 Å². The van der Waals surface area contributed by atoms with Gasteiger partial charge in [-0.1, -0.05) is 54.6 Å². The van der Waals surface area contributed by atoms with Crippen LogP contribution in [0.5, 0.6) is 0 Å². The van der Waals surface area contributed by atoms with Crippen molar-refractivity contribution in [3.8, 4) is 6.07 Å². The molecule has 0 unspecified atom stereocenters. The van der Waals surface area contributed by atoms with E-state index in [1.54, 1.807) is 12.1 Å². The van der Waals surface area contributed by atoms with Crippen molar-refractivity contribution in [3.05, 3.63) is 90.0 Å². The van der Waals surface area contributed by atoms with Crippen LogP contribution in [0.15, 0.2) is 84.0 Å². The summed E-state index contributed by atoms with van der Waals surface area (Å²) < 4.78 is 0. The fourth-order valence-electron chi connectivity index (χ4n) is 3.67. The Hall–Kier alpha value is -3.90. The van der Waals surface area contributed by atoms with Crippen LogP contribution >= 0.6 is 0 Å². The van der Waals surface area contributed by atoms with E-state index in [-0.39, 0.29) is 0 Å². The van der Waals surface area contributed by atoms with Gasteiger partial charge in [0.2, 0.25) is 0 Å². The highest BCUT2D eigenvalue weighted by Crippen LogP contribution is 2.35. The van der Waals surface area contributed by atoms with E-state index < -0.39 is 0 Å². The first-order chi connectivity index (χ1) is 13.3. The molecule has 3 heteroatoms. The van der Waals surface area contributed by atoms with Crippen molar-refractivity contribution >= 4 is 44.2 Å². The van der Waals surface area contributed by atoms with Crippen LogP contribution in [0.3, 0.4) is 0 Å². The third kappa shape index (κ3) is 2.56. The average molecular weight is 345 g/mol. The number of hydrogen-bond acceptors (Lipinski definition) is 3. The SMILES string of the molecule is N#Cc1ccc(N/N=C/c2ccc3ccc4cccc5ccc2c3c45)cc1. The zero-order chi connectivity index (χ0) is 18.2. The molecule has 0 heterocycles. The molecule has 5 aromatic rings. The quantitative estimate of drug-likeness (QED) is 0.251. The molecule has 0 saturated carbocycles. The monoisotopic (exact) mass is 345 g/mol. The normalized spacial score (nSPS) is 11.5. The van der Waals surface area contributed by atoms with E-state index in [9.17, 15) is 0 Å². The molecule has 0 aromatic heterocycles. The summed E-state index contributed by atoms with van der Waals surface area (Å²) in [4.78, 5) is 0. The van der Waals surface area contributed by atoms with Crippen LogP contribution in [-0.2, 0) is 0 Å². The minimum atomic E-state index is 0.635. The van der Waals surface area contributed by atoms with Crippen molar-refractivity contribution < 1.29 is 0 Å². The van der Waals surface area contributed by atoms with Crippen LogP contribution in [0.4, 0.5) is 5.69 Å². The Labute approximate surface area is 156 Å². The molecule has 126 valence electrons. The molecular formula is C24H15N3. The van der Waals surface area contributed by atoms with Crippen LogP contribution in [0, 0.1) is 11.3 Å². The number of nitrogens with one attached hydrogen (secondary N) is 1. The minimum Gasteiger partial charge on any atom is -0.279 e.